The molecule has 0 saturated heterocycles. The molecule has 7 nitrogen and oxygen atoms in total. The first-order chi connectivity index (χ1) is 20.5. The maximum Gasteiger partial charge on any atom is 0.261 e. The van der Waals surface area contributed by atoms with Crippen molar-refractivity contribution in [3.63, 3.8) is 0 Å². The fourth-order valence-corrected chi connectivity index (χ4v) is 4.70. The van der Waals surface area contributed by atoms with Crippen molar-refractivity contribution in [3.8, 4) is 17.2 Å². The molecule has 0 aliphatic carbocycles. The first-order valence-electron chi connectivity index (χ1n) is 13.7. The first-order valence-corrected chi connectivity index (χ1v) is 14.1. The van der Waals surface area contributed by atoms with Crippen molar-refractivity contribution in [2.45, 2.75) is 25.4 Å². The van der Waals surface area contributed by atoms with Gasteiger partial charge in [-0.1, -0.05) is 78.3 Å². The quantitative estimate of drug-likeness (QED) is 0.204. The lowest BCUT2D eigenvalue weighted by atomic mass is 10.0. The second-order valence-electron chi connectivity index (χ2n) is 9.68. The van der Waals surface area contributed by atoms with Gasteiger partial charge < -0.3 is 24.4 Å². The van der Waals surface area contributed by atoms with Crippen LogP contribution in [0.2, 0.25) is 5.02 Å². The fraction of sp³-hybridized carbons (Fsp3) is 0.235. The van der Waals surface area contributed by atoms with Gasteiger partial charge in [0, 0.05) is 19.5 Å². The molecule has 0 fully saturated rings. The van der Waals surface area contributed by atoms with Crippen LogP contribution in [0.1, 0.15) is 16.7 Å². The number of ether oxygens (including phenoxy) is 3. The Balaban J connectivity index is 1.57. The normalized spacial score (nSPS) is 11.3. The molecule has 1 atom stereocenters. The van der Waals surface area contributed by atoms with Crippen LogP contribution < -0.4 is 19.5 Å². The highest BCUT2D eigenvalue weighted by molar-refractivity contribution is 6.32. The van der Waals surface area contributed by atoms with Crippen LogP contribution >= 0.6 is 11.6 Å². The van der Waals surface area contributed by atoms with Gasteiger partial charge in [-0.3, -0.25) is 9.59 Å². The van der Waals surface area contributed by atoms with E-state index in [1.807, 2.05) is 78.9 Å². The predicted octanol–water partition coefficient (Wildman–Crippen LogP) is 5.74. The Labute approximate surface area is 252 Å². The van der Waals surface area contributed by atoms with E-state index >= 15 is 0 Å². The molecule has 4 aromatic rings. The van der Waals surface area contributed by atoms with E-state index in [-0.39, 0.29) is 25.0 Å². The number of carbonyl (C=O) groups is 2. The Kier molecular flexibility index (Phi) is 11.2. The molecule has 2 amide bonds. The van der Waals surface area contributed by atoms with Crippen molar-refractivity contribution in [2.75, 3.05) is 27.4 Å². The maximum absolute atomic E-state index is 13.8. The van der Waals surface area contributed by atoms with Crippen molar-refractivity contribution >= 4 is 23.4 Å². The van der Waals surface area contributed by atoms with Crippen LogP contribution in [-0.2, 0) is 29.0 Å². The van der Waals surface area contributed by atoms with Gasteiger partial charge in [-0.2, -0.15) is 0 Å². The van der Waals surface area contributed by atoms with Gasteiger partial charge >= 0.3 is 0 Å². The fourth-order valence-electron chi connectivity index (χ4n) is 4.51. The van der Waals surface area contributed by atoms with Crippen LogP contribution in [-0.4, -0.2) is 50.1 Å². The molecule has 0 spiro atoms. The number of nitrogens with zero attached hydrogens (tertiary/aromatic N) is 1. The molecule has 0 radical (unpaired) electrons. The lowest BCUT2D eigenvalue weighted by Gasteiger charge is -2.31. The summed E-state index contributed by atoms with van der Waals surface area (Å²) in [5.74, 6) is 1.30. The SMILES string of the molecule is COc1ccc(CCNC(=O)[C@@H](Cc2ccccc2)N(Cc2ccc(OC)cc2)C(=O)COc2ccccc2Cl)cc1. The van der Waals surface area contributed by atoms with Crippen molar-refractivity contribution in [3.05, 3.63) is 125 Å². The van der Waals surface area contributed by atoms with Gasteiger partial charge in [0.1, 0.15) is 23.3 Å². The van der Waals surface area contributed by atoms with E-state index in [2.05, 4.69) is 5.32 Å². The molecule has 218 valence electrons. The van der Waals surface area contributed by atoms with Gasteiger partial charge in [-0.25, -0.2) is 0 Å². The van der Waals surface area contributed by atoms with E-state index in [0.717, 1.165) is 22.4 Å². The molecule has 4 aromatic carbocycles. The highest BCUT2D eigenvalue weighted by Crippen LogP contribution is 2.24. The number of para-hydroxylation sites is 1. The minimum Gasteiger partial charge on any atom is -0.497 e. The highest BCUT2D eigenvalue weighted by Gasteiger charge is 2.30. The molecule has 0 heterocycles. The van der Waals surface area contributed by atoms with Crippen molar-refractivity contribution in [1.29, 1.82) is 0 Å². The zero-order valence-electron chi connectivity index (χ0n) is 23.8. The number of amides is 2. The number of nitrogens with one attached hydrogen (secondary N) is 1. The van der Waals surface area contributed by atoms with Crippen LogP contribution in [0.3, 0.4) is 0 Å². The summed E-state index contributed by atoms with van der Waals surface area (Å²) in [6, 6.07) is 31.0. The zero-order valence-corrected chi connectivity index (χ0v) is 24.6. The van der Waals surface area contributed by atoms with E-state index in [0.29, 0.717) is 35.9 Å². The molecule has 0 aliphatic heterocycles. The number of methoxy groups -OCH3 is 2. The van der Waals surface area contributed by atoms with Gasteiger partial charge in [-0.05, 0) is 59.5 Å². The number of hydrogen-bond donors (Lipinski definition) is 1. The molecule has 42 heavy (non-hydrogen) atoms. The molecule has 0 aromatic heterocycles. The van der Waals surface area contributed by atoms with Gasteiger partial charge in [0.05, 0.1) is 19.2 Å². The van der Waals surface area contributed by atoms with Gasteiger partial charge in [0.2, 0.25) is 5.91 Å². The third-order valence-electron chi connectivity index (χ3n) is 6.84. The summed E-state index contributed by atoms with van der Waals surface area (Å²) in [6.07, 6.45) is 0.971. The summed E-state index contributed by atoms with van der Waals surface area (Å²) in [7, 11) is 3.23. The van der Waals surface area contributed by atoms with E-state index in [1.54, 1.807) is 43.4 Å². The molecule has 0 saturated carbocycles. The molecule has 0 unspecified atom stereocenters. The zero-order chi connectivity index (χ0) is 29.7. The van der Waals surface area contributed by atoms with E-state index in [1.165, 1.54) is 0 Å². The molecular weight excluding hydrogens is 552 g/mol. The summed E-state index contributed by atoms with van der Waals surface area (Å²) in [6.45, 7) is 0.347. The molecular formula is C34H35ClN2O5. The molecule has 1 N–H and O–H groups in total. The highest BCUT2D eigenvalue weighted by atomic mass is 35.5. The average Bonchev–Trinajstić information content (AvgIpc) is 3.03. The Hall–Kier alpha value is -4.49. The minimum atomic E-state index is -0.785. The summed E-state index contributed by atoms with van der Waals surface area (Å²) in [5.41, 5.74) is 2.85. The van der Waals surface area contributed by atoms with Crippen LogP contribution in [0, 0.1) is 0 Å². The van der Waals surface area contributed by atoms with Crippen molar-refractivity contribution < 1.29 is 23.8 Å². The Morgan fingerprint density at radius 3 is 1.98 bits per heavy atom. The Bertz CT molecular complexity index is 1430. The summed E-state index contributed by atoms with van der Waals surface area (Å²) < 4.78 is 16.3. The van der Waals surface area contributed by atoms with Crippen LogP contribution in [0.15, 0.2) is 103 Å². The maximum atomic E-state index is 13.8. The van der Waals surface area contributed by atoms with E-state index in [9.17, 15) is 9.59 Å². The topological polar surface area (TPSA) is 77.1 Å². The third kappa shape index (κ3) is 8.75. The average molecular weight is 587 g/mol. The van der Waals surface area contributed by atoms with Crippen LogP contribution in [0.5, 0.6) is 17.2 Å². The van der Waals surface area contributed by atoms with Gasteiger partial charge in [0.15, 0.2) is 6.61 Å². The second kappa shape index (κ2) is 15.5. The van der Waals surface area contributed by atoms with E-state index in [4.69, 9.17) is 25.8 Å². The monoisotopic (exact) mass is 586 g/mol. The first kappa shape index (κ1) is 30.5. The number of hydrogen-bond acceptors (Lipinski definition) is 5. The van der Waals surface area contributed by atoms with Crippen molar-refractivity contribution in [2.24, 2.45) is 0 Å². The smallest absolute Gasteiger partial charge is 0.261 e. The molecule has 8 heteroatoms. The Morgan fingerprint density at radius 1 is 0.762 bits per heavy atom. The lowest BCUT2D eigenvalue weighted by Crippen LogP contribution is -2.52. The lowest BCUT2D eigenvalue weighted by molar-refractivity contribution is -0.142. The number of carbonyl (C=O) groups excluding carboxylic acids is 2. The minimum absolute atomic E-state index is 0.206. The second-order valence-corrected chi connectivity index (χ2v) is 10.1. The van der Waals surface area contributed by atoms with Crippen LogP contribution in [0.25, 0.3) is 0 Å². The van der Waals surface area contributed by atoms with Gasteiger partial charge in [0.25, 0.3) is 5.91 Å². The predicted molar refractivity (Wildman–Crippen MR) is 164 cm³/mol. The Morgan fingerprint density at radius 2 is 1.36 bits per heavy atom. The molecule has 0 bridgehead atoms. The molecule has 0 aliphatic rings. The van der Waals surface area contributed by atoms with Gasteiger partial charge in [-0.15, -0.1) is 0 Å². The number of rotatable bonds is 14. The van der Waals surface area contributed by atoms with E-state index < -0.39 is 6.04 Å². The van der Waals surface area contributed by atoms with Crippen LogP contribution in [0.4, 0.5) is 0 Å². The molecule has 4 rings (SSSR count). The third-order valence-corrected chi connectivity index (χ3v) is 7.16. The summed E-state index contributed by atoms with van der Waals surface area (Å²) in [5, 5.41) is 3.46. The van der Waals surface area contributed by atoms with Crippen molar-refractivity contribution in [1.82, 2.24) is 10.2 Å². The summed E-state index contributed by atoms with van der Waals surface area (Å²) >= 11 is 6.26. The standard InChI is InChI=1S/C34H35ClN2O5/c1-40-28-16-12-25(13-17-28)20-21-36-34(39)31(22-26-8-4-3-5-9-26)37(23-27-14-18-29(41-2)19-15-27)33(38)24-42-32-11-7-6-10-30(32)35/h3-19,31H,20-24H2,1-2H3,(H,36,39)/t31-/m1/s1. The summed E-state index contributed by atoms with van der Waals surface area (Å²) in [4.78, 5) is 29.2. The largest absolute Gasteiger partial charge is 0.497 e. The number of halogens is 1. The number of benzene rings is 4.